The summed E-state index contributed by atoms with van der Waals surface area (Å²) < 4.78 is 10.1. The van der Waals surface area contributed by atoms with Crippen LogP contribution in [0.2, 0.25) is 0 Å². The Labute approximate surface area is 146 Å². The zero-order chi connectivity index (χ0) is 19.4. The molecular formula is C17H24N2O6. The quantitative estimate of drug-likeness (QED) is 0.390. The minimum Gasteiger partial charge on any atom is -0.479 e. The lowest BCUT2D eigenvalue weighted by Gasteiger charge is -2.31. The van der Waals surface area contributed by atoms with Gasteiger partial charge in [-0.2, -0.15) is 0 Å². The van der Waals surface area contributed by atoms with Gasteiger partial charge < -0.3 is 20.3 Å². The molecule has 8 nitrogen and oxygen atoms in total. The summed E-state index contributed by atoms with van der Waals surface area (Å²) in [7, 11) is 0. The fraction of sp³-hybridized carbons (Fsp3) is 0.471. The van der Waals surface area contributed by atoms with E-state index >= 15 is 0 Å². The molecule has 0 heterocycles. The molecule has 1 aromatic carbocycles. The average Bonchev–Trinajstić information content (AvgIpc) is 2.52. The second-order valence-corrected chi connectivity index (χ2v) is 6.67. The summed E-state index contributed by atoms with van der Waals surface area (Å²) in [5.41, 5.74) is 8.46. The maximum Gasteiger partial charge on any atom is 0.339 e. The van der Waals surface area contributed by atoms with Gasteiger partial charge >= 0.3 is 17.9 Å². The van der Waals surface area contributed by atoms with Crippen LogP contribution in [0.3, 0.4) is 0 Å². The van der Waals surface area contributed by atoms with E-state index < -0.39 is 41.2 Å². The largest absolute Gasteiger partial charge is 0.479 e. The first-order chi connectivity index (χ1) is 11.4. The first-order valence-electron chi connectivity index (χ1n) is 7.66. The number of ether oxygens (including phenoxy) is 2. The number of hydrogen-bond acceptors (Lipinski definition) is 7. The standard InChI is InChI=1S/C17H24N2O6/c1-10(13(20)24-12(18)11-8-6-5-7-9-11)17(19,14(21)22)15(23)25-16(2,3)4/h5-10,12H,18-19H2,1-4H3,(H,21,22). The van der Waals surface area contributed by atoms with Crippen molar-refractivity contribution in [1.29, 1.82) is 0 Å². The molecule has 0 saturated heterocycles. The Morgan fingerprint density at radius 2 is 1.64 bits per heavy atom. The van der Waals surface area contributed by atoms with Gasteiger partial charge in [-0.25, -0.2) is 9.59 Å². The van der Waals surface area contributed by atoms with Crippen LogP contribution in [0.1, 0.15) is 39.5 Å². The first-order valence-corrected chi connectivity index (χ1v) is 7.66. The van der Waals surface area contributed by atoms with E-state index in [2.05, 4.69) is 0 Å². The van der Waals surface area contributed by atoms with Crippen LogP contribution < -0.4 is 11.5 Å². The van der Waals surface area contributed by atoms with Crippen LogP contribution in [-0.4, -0.2) is 34.2 Å². The molecule has 0 aliphatic heterocycles. The van der Waals surface area contributed by atoms with Crippen LogP contribution in [0.25, 0.3) is 0 Å². The van der Waals surface area contributed by atoms with Gasteiger partial charge in [0.05, 0.1) is 5.92 Å². The molecule has 25 heavy (non-hydrogen) atoms. The molecule has 5 N–H and O–H groups in total. The second-order valence-electron chi connectivity index (χ2n) is 6.67. The predicted octanol–water partition coefficient (Wildman–Crippen LogP) is 0.947. The normalized spacial score (nSPS) is 16.2. The number of carbonyl (C=O) groups is 3. The van der Waals surface area contributed by atoms with E-state index in [0.29, 0.717) is 5.56 Å². The molecule has 0 fully saturated rings. The Hall–Kier alpha value is -2.45. The molecule has 3 atom stereocenters. The number of rotatable bonds is 6. The van der Waals surface area contributed by atoms with Gasteiger partial charge in [-0.05, 0) is 27.7 Å². The van der Waals surface area contributed by atoms with Crippen LogP contribution in [0, 0.1) is 5.92 Å². The molecule has 3 unspecified atom stereocenters. The Bertz CT molecular complexity index is 640. The third-order valence-corrected chi connectivity index (χ3v) is 3.50. The molecule has 8 heteroatoms. The number of benzene rings is 1. The molecule has 0 aliphatic rings. The highest BCUT2D eigenvalue weighted by Gasteiger charge is 2.53. The van der Waals surface area contributed by atoms with Crippen molar-refractivity contribution in [2.24, 2.45) is 17.4 Å². The minimum atomic E-state index is -2.60. The van der Waals surface area contributed by atoms with Gasteiger partial charge in [0.15, 0.2) is 6.23 Å². The lowest BCUT2D eigenvalue weighted by molar-refractivity contribution is -0.178. The highest BCUT2D eigenvalue weighted by Crippen LogP contribution is 2.24. The van der Waals surface area contributed by atoms with E-state index in [4.69, 9.17) is 20.9 Å². The molecule has 0 saturated carbocycles. The van der Waals surface area contributed by atoms with Crippen LogP contribution in [0.5, 0.6) is 0 Å². The summed E-state index contributed by atoms with van der Waals surface area (Å²) in [6.07, 6.45) is -1.12. The number of carboxylic acids is 1. The predicted molar refractivity (Wildman–Crippen MR) is 89.0 cm³/mol. The van der Waals surface area contributed by atoms with Crippen molar-refractivity contribution >= 4 is 17.9 Å². The molecule has 0 bridgehead atoms. The smallest absolute Gasteiger partial charge is 0.339 e. The molecule has 0 aromatic heterocycles. The van der Waals surface area contributed by atoms with E-state index in [9.17, 15) is 19.5 Å². The zero-order valence-corrected chi connectivity index (χ0v) is 14.7. The number of nitrogens with two attached hydrogens (primary N) is 2. The van der Waals surface area contributed by atoms with Crippen molar-refractivity contribution in [3.8, 4) is 0 Å². The van der Waals surface area contributed by atoms with Crippen LogP contribution in [0.15, 0.2) is 30.3 Å². The van der Waals surface area contributed by atoms with Gasteiger partial charge in [-0.1, -0.05) is 30.3 Å². The molecule has 0 amide bonds. The average molecular weight is 352 g/mol. The van der Waals surface area contributed by atoms with Crippen molar-refractivity contribution in [3.63, 3.8) is 0 Å². The molecule has 138 valence electrons. The van der Waals surface area contributed by atoms with Gasteiger partial charge in [-0.15, -0.1) is 0 Å². The van der Waals surface area contributed by atoms with E-state index in [1.807, 2.05) is 0 Å². The molecular weight excluding hydrogens is 328 g/mol. The summed E-state index contributed by atoms with van der Waals surface area (Å²) in [6, 6.07) is 8.46. The van der Waals surface area contributed by atoms with Crippen LogP contribution in [-0.2, 0) is 23.9 Å². The van der Waals surface area contributed by atoms with E-state index in [-0.39, 0.29) is 0 Å². The van der Waals surface area contributed by atoms with Gasteiger partial charge in [0, 0.05) is 5.56 Å². The Kier molecular flexibility index (Phi) is 6.28. The topological polar surface area (TPSA) is 142 Å². The second kappa shape index (κ2) is 7.62. The zero-order valence-electron chi connectivity index (χ0n) is 14.7. The van der Waals surface area contributed by atoms with Gasteiger partial charge in [0.2, 0.25) is 5.54 Å². The summed E-state index contributed by atoms with van der Waals surface area (Å²) in [6.45, 7) is 5.85. The third kappa shape index (κ3) is 5.01. The molecule has 0 radical (unpaired) electrons. The van der Waals surface area contributed by atoms with E-state index in [1.54, 1.807) is 51.1 Å². The lowest BCUT2D eigenvalue weighted by atomic mass is 9.85. The monoisotopic (exact) mass is 352 g/mol. The first kappa shape index (κ1) is 20.6. The fourth-order valence-electron chi connectivity index (χ4n) is 1.94. The number of hydrogen-bond donors (Lipinski definition) is 3. The lowest BCUT2D eigenvalue weighted by Crippen LogP contribution is -2.63. The van der Waals surface area contributed by atoms with Crippen LogP contribution >= 0.6 is 0 Å². The summed E-state index contributed by atoms with van der Waals surface area (Å²) in [5, 5.41) is 9.41. The van der Waals surface area contributed by atoms with Crippen molar-refractivity contribution in [3.05, 3.63) is 35.9 Å². The molecule has 1 aromatic rings. The summed E-state index contributed by atoms with van der Waals surface area (Å²) in [4.78, 5) is 36.1. The molecule has 0 spiro atoms. The number of carbonyl (C=O) groups excluding carboxylic acids is 2. The Balaban J connectivity index is 2.98. The maximum atomic E-state index is 12.3. The van der Waals surface area contributed by atoms with Gasteiger partial charge in [-0.3, -0.25) is 10.5 Å². The Morgan fingerprint density at radius 3 is 2.08 bits per heavy atom. The SMILES string of the molecule is CC(C(=O)OC(N)c1ccccc1)C(N)(C(=O)O)C(=O)OC(C)(C)C. The van der Waals surface area contributed by atoms with Gasteiger partial charge in [0.1, 0.15) is 5.60 Å². The van der Waals surface area contributed by atoms with Crippen molar-refractivity contribution in [1.82, 2.24) is 0 Å². The molecule has 0 aliphatic carbocycles. The van der Waals surface area contributed by atoms with Crippen LogP contribution in [0.4, 0.5) is 0 Å². The van der Waals surface area contributed by atoms with Crippen molar-refractivity contribution in [2.45, 2.75) is 45.1 Å². The van der Waals surface area contributed by atoms with Crippen molar-refractivity contribution in [2.75, 3.05) is 0 Å². The fourth-order valence-corrected chi connectivity index (χ4v) is 1.94. The highest BCUT2D eigenvalue weighted by atomic mass is 16.6. The van der Waals surface area contributed by atoms with Crippen molar-refractivity contribution < 1.29 is 29.0 Å². The maximum absolute atomic E-state index is 12.3. The summed E-state index contributed by atoms with van der Waals surface area (Å²) in [5.74, 6) is -5.47. The van der Waals surface area contributed by atoms with E-state index in [0.717, 1.165) is 0 Å². The summed E-state index contributed by atoms with van der Waals surface area (Å²) >= 11 is 0. The molecule has 1 rings (SSSR count). The number of aliphatic carboxylic acids is 1. The minimum absolute atomic E-state index is 0.512. The highest BCUT2D eigenvalue weighted by molar-refractivity contribution is 6.07. The number of esters is 2. The number of carboxylic acid groups (broad SMARTS) is 1. The van der Waals surface area contributed by atoms with E-state index in [1.165, 1.54) is 6.92 Å². The Morgan fingerprint density at radius 1 is 1.12 bits per heavy atom. The van der Waals surface area contributed by atoms with Gasteiger partial charge in [0.25, 0.3) is 0 Å². The third-order valence-electron chi connectivity index (χ3n) is 3.50.